The molecule has 2 spiro atoms. The molecule has 0 heterocycles. The number of hydrogen-bond acceptors (Lipinski definition) is 0. The summed E-state index contributed by atoms with van der Waals surface area (Å²) < 4.78 is 0. The molecule has 58 heavy (non-hydrogen) atoms. The van der Waals surface area contributed by atoms with Crippen LogP contribution in [0.1, 0.15) is 112 Å². The lowest BCUT2D eigenvalue weighted by molar-refractivity contribution is 0.373. The Hall–Kier alpha value is -5.46. The second kappa shape index (κ2) is 13.6. The molecular weight excluding hydrogens is 697 g/mol. The van der Waals surface area contributed by atoms with Crippen LogP contribution < -0.4 is 0 Å². The molecule has 4 aliphatic carbocycles. The molecule has 0 nitrogen and oxygen atoms in total. The summed E-state index contributed by atoms with van der Waals surface area (Å²) in [5.41, 5.74) is 17.7. The third-order valence-electron chi connectivity index (χ3n) is 15.5. The van der Waals surface area contributed by atoms with Gasteiger partial charge in [0.25, 0.3) is 0 Å². The summed E-state index contributed by atoms with van der Waals surface area (Å²) >= 11 is 0. The van der Waals surface area contributed by atoms with Crippen LogP contribution in [0.5, 0.6) is 0 Å². The number of hydrogen-bond donors (Lipinski definition) is 0. The molecule has 0 amide bonds. The molecule has 0 radical (unpaired) electrons. The van der Waals surface area contributed by atoms with E-state index in [4.69, 9.17) is 0 Å². The molecule has 284 valence electrons. The van der Waals surface area contributed by atoms with Gasteiger partial charge < -0.3 is 0 Å². The third-order valence-corrected chi connectivity index (χ3v) is 15.5. The maximum atomic E-state index is 2.62. The van der Waals surface area contributed by atoms with Crippen LogP contribution in [0, 0.1) is 0 Å². The molecule has 0 saturated heterocycles. The summed E-state index contributed by atoms with van der Waals surface area (Å²) in [7, 11) is 0. The van der Waals surface area contributed by atoms with Gasteiger partial charge >= 0.3 is 0 Å². The average molecular weight is 749 g/mol. The first-order chi connectivity index (χ1) is 28.7. The fraction of sp³-hybridized carbons (Fsp3) is 0.276. The van der Waals surface area contributed by atoms with E-state index < -0.39 is 0 Å². The summed E-state index contributed by atoms with van der Waals surface area (Å²) in [6, 6.07) is 57.3. The largest absolute Gasteiger partial charge is 0.0619 e. The highest BCUT2D eigenvalue weighted by Crippen LogP contribution is 2.57. The zero-order valence-electron chi connectivity index (χ0n) is 33.8. The number of fused-ring (bicyclic) bond motifs is 15. The zero-order valence-corrected chi connectivity index (χ0v) is 33.8. The Kier molecular flexibility index (Phi) is 8.08. The predicted molar refractivity (Wildman–Crippen MR) is 247 cm³/mol. The van der Waals surface area contributed by atoms with Crippen molar-refractivity contribution in [2.45, 2.75) is 101 Å². The van der Waals surface area contributed by atoms with Crippen LogP contribution in [0.4, 0.5) is 0 Å². The van der Waals surface area contributed by atoms with E-state index in [0.717, 1.165) is 0 Å². The van der Waals surface area contributed by atoms with Gasteiger partial charge in [-0.1, -0.05) is 186 Å². The highest BCUT2D eigenvalue weighted by molar-refractivity contribution is 6.24. The van der Waals surface area contributed by atoms with E-state index >= 15 is 0 Å². The minimum absolute atomic E-state index is 0.113. The van der Waals surface area contributed by atoms with Crippen molar-refractivity contribution >= 4 is 32.3 Å². The lowest BCUT2D eigenvalue weighted by atomic mass is 9.69. The van der Waals surface area contributed by atoms with Crippen LogP contribution in [0.15, 0.2) is 146 Å². The molecule has 12 rings (SSSR count). The molecule has 4 aliphatic rings. The van der Waals surface area contributed by atoms with Crippen molar-refractivity contribution in [1.29, 1.82) is 0 Å². The molecular formula is C58H52. The third kappa shape index (κ3) is 5.06. The first-order valence-corrected chi connectivity index (χ1v) is 22.6. The van der Waals surface area contributed by atoms with Gasteiger partial charge in [-0.25, -0.2) is 0 Å². The minimum atomic E-state index is 0.113. The van der Waals surface area contributed by atoms with Crippen molar-refractivity contribution in [2.24, 2.45) is 0 Å². The van der Waals surface area contributed by atoms with E-state index in [1.165, 1.54) is 167 Å². The molecule has 0 heteroatoms. The quantitative estimate of drug-likeness (QED) is 0.154. The van der Waals surface area contributed by atoms with Crippen LogP contribution in [0.2, 0.25) is 0 Å². The van der Waals surface area contributed by atoms with Crippen LogP contribution in [0.25, 0.3) is 76.8 Å². The summed E-state index contributed by atoms with van der Waals surface area (Å²) in [5, 5.41) is 8.07. The van der Waals surface area contributed by atoms with Gasteiger partial charge in [-0.3, -0.25) is 0 Å². The van der Waals surface area contributed by atoms with Crippen molar-refractivity contribution < 1.29 is 0 Å². The van der Waals surface area contributed by atoms with Gasteiger partial charge in [0.2, 0.25) is 0 Å². The average Bonchev–Trinajstić information content (AvgIpc) is 3.69. The van der Waals surface area contributed by atoms with Crippen molar-refractivity contribution in [3.05, 3.63) is 168 Å². The highest BCUT2D eigenvalue weighted by atomic mass is 14.5. The lowest BCUT2D eigenvalue weighted by Crippen LogP contribution is -2.26. The molecule has 8 aromatic carbocycles. The first-order valence-electron chi connectivity index (χ1n) is 22.6. The standard InChI is InChI=1S/C58H52/c1-3-15-31-57(32-16-4-1)53-25-13-11-23-45(53)47-29-27-39(35-55(47)57)49-37-51-44-22-10-8-20-42(44)50(38-52(51)43-21-9-7-19-41(43)49)40-28-30-48-46-24-12-14-26-54(46)58(56(48)36-40)33-17-5-2-6-18-34-58/h7-14,19-30,35-38H,1-6,15-18,31-34H2. The van der Waals surface area contributed by atoms with E-state index in [2.05, 4.69) is 146 Å². The van der Waals surface area contributed by atoms with E-state index in [0.29, 0.717) is 0 Å². The topological polar surface area (TPSA) is 0 Å². The Bertz CT molecular complexity index is 2710. The maximum absolute atomic E-state index is 2.62. The van der Waals surface area contributed by atoms with Crippen molar-refractivity contribution in [2.75, 3.05) is 0 Å². The molecule has 8 aromatic rings. The van der Waals surface area contributed by atoms with Gasteiger partial charge in [0.1, 0.15) is 0 Å². The molecule has 2 saturated carbocycles. The number of rotatable bonds is 2. The van der Waals surface area contributed by atoms with Crippen molar-refractivity contribution in [3.8, 4) is 44.5 Å². The Balaban J connectivity index is 1.05. The monoisotopic (exact) mass is 748 g/mol. The van der Waals surface area contributed by atoms with Gasteiger partial charge in [0, 0.05) is 10.8 Å². The fourth-order valence-corrected chi connectivity index (χ4v) is 12.8. The highest BCUT2D eigenvalue weighted by Gasteiger charge is 2.44. The van der Waals surface area contributed by atoms with E-state index in [9.17, 15) is 0 Å². The van der Waals surface area contributed by atoms with E-state index in [-0.39, 0.29) is 10.8 Å². The SMILES string of the molecule is c1ccc2c(c1)-c1ccc(-c3cc4c5ccccc5c(-c5ccc6c(c5)C5(CCCCCCC5)c5ccccc5-6)cc4c4ccccc34)cc1C21CCCCCCC1. The van der Waals surface area contributed by atoms with Gasteiger partial charge in [0.15, 0.2) is 0 Å². The van der Waals surface area contributed by atoms with Crippen LogP contribution in [-0.2, 0) is 10.8 Å². The van der Waals surface area contributed by atoms with Crippen molar-refractivity contribution in [3.63, 3.8) is 0 Å². The minimum Gasteiger partial charge on any atom is -0.0619 e. The molecule has 0 N–H and O–H groups in total. The molecule has 2 fully saturated rings. The Labute approximate surface area is 344 Å². The van der Waals surface area contributed by atoms with E-state index in [1.807, 2.05) is 0 Å². The summed E-state index contributed by atoms with van der Waals surface area (Å²) in [6.07, 6.45) is 18.4. The normalized spacial score (nSPS) is 18.0. The lowest BCUT2D eigenvalue weighted by Gasteiger charge is -2.34. The molecule has 0 atom stereocenters. The summed E-state index contributed by atoms with van der Waals surface area (Å²) in [5.74, 6) is 0. The molecule has 0 unspecified atom stereocenters. The maximum Gasteiger partial charge on any atom is 0.0215 e. The molecule has 0 aliphatic heterocycles. The Morgan fingerprint density at radius 2 is 0.586 bits per heavy atom. The second-order valence-corrected chi connectivity index (χ2v) is 18.3. The predicted octanol–water partition coefficient (Wildman–Crippen LogP) is 16.5. The van der Waals surface area contributed by atoms with Gasteiger partial charge in [-0.15, -0.1) is 0 Å². The zero-order chi connectivity index (χ0) is 38.3. The fourth-order valence-electron chi connectivity index (χ4n) is 12.8. The Morgan fingerprint density at radius 1 is 0.241 bits per heavy atom. The Morgan fingerprint density at radius 3 is 1.02 bits per heavy atom. The second-order valence-electron chi connectivity index (χ2n) is 18.3. The summed E-state index contributed by atoms with van der Waals surface area (Å²) in [4.78, 5) is 0. The van der Waals surface area contributed by atoms with Crippen LogP contribution >= 0.6 is 0 Å². The number of benzene rings is 8. The smallest absolute Gasteiger partial charge is 0.0215 e. The van der Waals surface area contributed by atoms with Gasteiger partial charge in [-0.2, -0.15) is 0 Å². The van der Waals surface area contributed by atoms with E-state index in [1.54, 1.807) is 22.3 Å². The van der Waals surface area contributed by atoms with Crippen LogP contribution in [0.3, 0.4) is 0 Å². The first kappa shape index (κ1) is 34.6. The van der Waals surface area contributed by atoms with Crippen molar-refractivity contribution in [1.82, 2.24) is 0 Å². The molecule has 0 aromatic heterocycles. The van der Waals surface area contributed by atoms with Gasteiger partial charge in [-0.05, 0) is 149 Å². The summed E-state index contributed by atoms with van der Waals surface area (Å²) in [6.45, 7) is 0. The van der Waals surface area contributed by atoms with Crippen LogP contribution in [-0.4, -0.2) is 0 Å². The van der Waals surface area contributed by atoms with Gasteiger partial charge in [0.05, 0.1) is 0 Å². The molecule has 0 bridgehead atoms.